The molecule has 136 valence electrons. The second-order valence-electron chi connectivity index (χ2n) is 6.31. The van der Waals surface area contributed by atoms with Crippen LogP contribution in [0.2, 0.25) is 0 Å². The Labute approximate surface area is 155 Å². The van der Waals surface area contributed by atoms with Gasteiger partial charge in [0.1, 0.15) is 29.6 Å². The van der Waals surface area contributed by atoms with Gasteiger partial charge in [-0.25, -0.2) is 14.4 Å². The summed E-state index contributed by atoms with van der Waals surface area (Å²) in [7, 11) is 0. The molecule has 4 rings (SSSR count). The molecule has 3 aromatic rings. The zero-order valence-corrected chi connectivity index (χ0v) is 14.6. The zero-order valence-electron chi connectivity index (χ0n) is 14.6. The molecule has 2 aromatic carbocycles. The lowest BCUT2D eigenvalue weighted by Gasteiger charge is -2.22. The monoisotopic (exact) mass is 364 g/mol. The molecule has 27 heavy (non-hydrogen) atoms. The van der Waals surface area contributed by atoms with E-state index in [0.29, 0.717) is 17.8 Å². The van der Waals surface area contributed by atoms with Crippen molar-refractivity contribution in [2.45, 2.75) is 13.0 Å². The summed E-state index contributed by atoms with van der Waals surface area (Å²) in [4.78, 5) is 22.5. The molecular formula is C20H17FN4O2. The third kappa shape index (κ3) is 3.08. The number of carbonyl (C=O) groups excluding carboxylic acids is 1. The molecular weight excluding hydrogens is 347 g/mol. The largest absolute Gasteiger partial charge is 0.472 e. The minimum atomic E-state index is -0.328. The highest BCUT2D eigenvalue weighted by molar-refractivity contribution is 6.10. The summed E-state index contributed by atoms with van der Waals surface area (Å²) >= 11 is 0. The van der Waals surface area contributed by atoms with Crippen LogP contribution < -0.4 is 15.4 Å². The van der Waals surface area contributed by atoms with Gasteiger partial charge in [-0.15, -0.1) is 0 Å². The van der Waals surface area contributed by atoms with Gasteiger partial charge in [-0.1, -0.05) is 30.3 Å². The average Bonchev–Trinajstić information content (AvgIpc) is 2.79. The maximum Gasteiger partial charge on any atom is 0.267 e. The topological polar surface area (TPSA) is 81.3 Å². The predicted octanol–water partition coefficient (Wildman–Crippen LogP) is 3.29. The van der Waals surface area contributed by atoms with Gasteiger partial charge < -0.3 is 15.4 Å². The highest BCUT2D eigenvalue weighted by Gasteiger charge is 2.31. The molecule has 0 spiro atoms. The van der Waals surface area contributed by atoms with Crippen molar-refractivity contribution in [1.82, 2.24) is 9.97 Å². The summed E-state index contributed by atoms with van der Waals surface area (Å²) in [5, 5.41) is 0. The number of hydrogen-bond donors (Lipinski definition) is 1. The van der Waals surface area contributed by atoms with E-state index in [4.69, 9.17) is 10.5 Å². The first-order chi connectivity index (χ1) is 13.0. The number of nitrogens with zero attached hydrogens (tertiary/aromatic N) is 3. The van der Waals surface area contributed by atoms with Crippen LogP contribution in [-0.2, 0) is 0 Å². The van der Waals surface area contributed by atoms with Crippen molar-refractivity contribution in [3.63, 3.8) is 0 Å². The summed E-state index contributed by atoms with van der Waals surface area (Å²) < 4.78 is 19.7. The van der Waals surface area contributed by atoms with Crippen molar-refractivity contribution >= 4 is 17.4 Å². The minimum absolute atomic E-state index is 0.0760. The number of amides is 1. The molecule has 1 atom stereocenters. The van der Waals surface area contributed by atoms with E-state index >= 15 is 0 Å². The number of benzene rings is 2. The van der Waals surface area contributed by atoms with Crippen LogP contribution >= 0.6 is 0 Å². The van der Waals surface area contributed by atoms with E-state index in [9.17, 15) is 9.18 Å². The molecule has 0 saturated carbocycles. The van der Waals surface area contributed by atoms with Gasteiger partial charge in [0.15, 0.2) is 0 Å². The van der Waals surface area contributed by atoms with E-state index in [1.54, 1.807) is 47.4 Å². The molecule has 1 unspecified atom stereocenters. The second kappa shape index (κ2) is 6.68. The average molecular weight is 364 g/mol. The van der Waals surface area contributed by atoms with E-state index in [2.05, 4.69) is 9.97 Å². The minimum Gasteiger partial charge on any atom is -0.472 e. The fourth-order valence-electron chi connectivity index (χ4n) is 3.11. The third-order valence-corrected chi connectivity index (χ3v) is 4.42. The van der Waals surface area contributed by atoms with E-state index in [0.717, 1.165) is 5.56 Å². The molecule has 2 N–H and O–H groups in total. The number of halogens is 1. The van der Waals surface area contributed by atoms with Gasteiger partial charge in [0, 0.05) is 11.3 Å². The SMILES string of the molecule is CC1CN(c2ccc(-c3ccccc3F)cc2)C(=O)c2c(N)ncnc2O1. The molecule has 0 saturated heterocycles. The lowest BCUT2D eigenvalue weighted by atomic mass is 10.0. The number of rotatable bonds is 2. The molecule has 6 nitrogen and oxygen atoms in total. The van der Waals surface area contributed by atoms with Gasteiger partial charge in [0.25, 0.3) is 5.91 Å². The number of anilines is 2. The van der Waals surface area contributed by atoms with Crippen molar-refractivity contribution in [3.8, 4) is 17.0 Å². The number of nitrogen functional groups attached to an aromatic ring is 1. The number of hydrogen-bond acceptors (Lipinski definition) is 5. The van der Waals surface area contributed by atoms with Crippen molar-refractivity contribution < 1.29 is 13.9 Å². The Hall–Kier alpha value is -3.48. The van der Waals surface area contributed by atoms with E-state index in [-0.39, 0.29) is 35.1 Å². The van der Waals surface area contributed by atoms with Crippen LogP contribution in [0.3, 0.4) is 0 Å². The maximum absolute atomic E-state index is 14.0. The van der Waals surface area contributed by atoms with Gasteiger partial charge in [-0.2, -0.15) is 0 Å². The quantitative estimate of drug-likeness (QED) is 0.755. The molecule has 1 aliphatic heterocycles. The van der Waals surface area contributed by atoms with Crippen molar-refractivity contribution in [1.29, 1.82) is 0 Å². The summed E-state index contributed by atoms with van der Waals surface area (Å²) in [5.74, 6) is -0.361. The van der Waals surface area contributed by atoms with Gasteiger partial charge >= 0.3 is 0 Å². The van der Waals surface area contributed by atoms with Crippen LogP contribution in [0.4, 0.5) is 15.9 Å². The van der Waals surface area contributed by atoms with Gasteiger partial charge in [0.05, 0.1) is 6.54 Å². The summed E-state index contributed by atoms with van der Waals surface area (Å²) in [5.41, 5.74) is 7.93. The molecule has 0 fully saturated rings. The Morgan fingerprint density at radius 1 is 1.15 bits per heavy atom. The first-order valence-corrected chi connectivity index (χ1v) is 8.48. The first-order valence-electron chi connectivity index (χ1n) is 8.48. The van der Waals surface area contributed by atoms with Crippen molar-refractivity contribution in [2.75, 3.05) is 17.2 Å². The van der Waals surface area contributed by atoms with Crippen molar-refractivity contribution in [3.05, 3.63) is 66.2 Å². The van der Waals surface area contributed by atoms with Gasteiger partial charge in [0.2, 0.25) is 5.88 Å². The highest BCUT2D eigenvalue weighted by atomic mass is 19.1. The second-order valence-corrected chi connectivity index (χ2v) is 6.31. The highest BCUT2D eigenvalue weighted by Crippen LogP contribution is 2.31. The number of nitrogens with two attached hydrogens (primary N) is 1. The van der Waals surface area contributed by atoms with E-state index in [1.807, 2.05) is 6.92 Å². The first kappa shape index (κ1) is 17.0. The molecule has 1 aromatic heterocycles. The number of fused-ring (bicyclic) bond motifs is 1. The van der Waals surface area contributed by atoms with Crippen LogP contribution in [0.5, 0.6) is 5.88 Å². The zero-order chi connectivity index (χ0) is 19.0. The van der Waals surface area contributed by atoms with Gasteiger partial charge in [-0.3, -0.25) is 4.79 Å². The predicted molar refractivity (Wildman–Crippen MR) is 100 cm³/mol. The normalized spacial score (nSPS) is 16.4. The molecule has 1 amide bonds. The molecule has 0 aliphatic carbocycles. The maximum atomic E-state index is 14.0. The van der Waals surface area contributed by atoms with Crippen LogP contribution in [0.15, 0.2) is 54.9 Å². The van der Waals surface area contributed by atoms with E-state index < -0.39 is 0 Å². The Morgan fingerprint density at radius 3 is 2.63 bits per heavy atom. The molecule has 0 radical (unpaired) electrons. The van der Waals surface area contributed by atoms with Gasteiger partial charge in [-0.05, 0) is 30.7 Å². The molecule has 0 bridgehead atoms. The van der Waals surface area contributed by atoms with Crippen molar-refractivity contribution in [2.24, 2.45) is 0 Å². The lowest BCUT2D eigenvalue weighted by molar-refractivity contribution is 0.0988. The number of carbonyl (C=O) groups is 1. The van der Waals surface area contributed by atoms with Crippen LogP contribution in [0.25, 0.3) is 11.1 Å². The Morgan fingerprint density at radius 2 is 1.89 bits per heavy atom. The van der Waals surface area contributed by atoms with Crippen LogP contribution in [0.1, 0.15) is 17.3 Å². The number of aromatic nitrogens is 2. The van der Waals surface area contributed by atoms with E-state index in [1.165, 1.54) is 12.4 Å². The standard InChI is InChI=1S/C20H17FN4O2/c1-12-10-25(20(26)17-18(22)23-11-24-19(17)27-12)14-8-6-13(7-9-14)15-4-2-3-5-16(15)21/h2-9,11-12H,10H2,1H3,(H2,22,23,24). The van der Waals surface area contributed by atoms with Crippen LogP contribution in [0, 0.1) is 5.82 Å². The third-order valence-electron chi connectivity index (χ3n) is 4.42. The fraction of sp³-hybridized carbons (Fsp3) is 0.150. The fourth-order valence-corrected chi connectivity index (χ4v) is 3.11. The number of ether oxygens (including phenoxy) is 1. The summed E-state index contributed by atoms with van der Waals surface area (Å²) in [6, 6.07) is 13.7. The summed E-state index contributed by atoms with van der Waals surface area (Å²) in [6.45, 7) is 2.18. The Kier molecular flexibility index (Phi) is 4.19. The Balaban J connectivity index is 1.71. The smallest absolute Gasteiger partial charge is 0.267 e. The summed E-state index contributed by atoms with van der Waals surface area (Å²) in [6.07, 6.45) is 0.989. The molecule has 1 aliphatic rings. The van der Waals surface area contributed by atoms with Crippen LogP contribution in [-0.4, -0.2) is 28.5 Å². The molecule has 2 heterocycles. The lowest BCUT2D eigenvalue weighted by Crippen LogP contribution is -2.36. The molecule has 7 heteroatoms. The Bertz CT molecular complexity index is 1010.